The minimum absolute atomic E-state index is 0.0815. The molecule has 0 aliphatic rings. The van der Waals surface area contributed by atoms with Crippen LogP contribution >= 0.6 is 11.6 Å². The molecule has 124 valence electrons. The van der Waals surface area contributed by atoms with Gasteiger partial charge in [0.1, 0.15) is 17.4 Å². The second-order valence-corrected chi connectivity index (χ2v) is 5.46. The molecule has 0 aliphatic heterocycles. The molecule has 2 aromatic rings. The minimum Gasteiger partial charge on any atom is -0.494 e. The van der Waals surface area contributed by atoms with Gasteiger partial charge in [-0.25, -0.2) is 0 Å². The average Bonchev–Trinajstić information content (AvgIpc) is 2.55. The molecule has 0 atom stereocenters. The van der Waals surface area contributed by atoms with E-state index in [4.69, 9.17) is 21.6 Å². The lowest BCUT2D eigenvalue weighted by atomic mass is 10.0. The molecule has 1 heterocycles. The summed E-state index contributed by atoms with van der Waals surface area (Å²) in [6.45, 7) is 2.88. The van der Waals surface area contributed by atoms with Crippen LogP contribution in [0, 0.1) is 18.3 Å². The lowest BCUT2D eigenvalue weighted by Crippen LogP contribution is -2.27. The van der Waals surface area contributed by atoms with Crippen molar-refractivity contribution in [2.24, 2.45) is 0 Å². The van der Waals surface area contributed by atoms with E-state index in [1.54, 1.807) is 37.3 Å². The van der Waals surface area contributed by atoms with Gasteiger partial charge in [0.15, 0.2) is 6.61 Å². The molecular weight excluding hydrogens is 332 g/mol. The number of ether oxygens (including phenoxy) is 1. The monoisotopic (exact) mass is 346 g/mol. The topological polar surface area (TPSA) is 92.3 Å². The van der Waals surface area contributed by atoms with Gasteiger partial charge in [0.2, 0.25) is 11.7 Å². The van der Waals surface area contributed by atoms with E-state index in [1.807, 2.05) is 0 Å². The largest absolute Gasteiger partial charge is 0.494 e. The first-order valence-corrected chi connectivity index (χ1v) is 7.56. The Morgan fingerprint density at radius 3 is 2.54 bits per heavy atom. The third-order valence-electron chi connectivity index (χ3n) is 3.58. The number of halogens is 1. The van der Waals surface area contributed by atoms with Crippen molar-refractivity contribution in [1.82, 2.24) is 4.57 Å². The van der Waals surface area contributed by atoms with Crippen LogP contribution in [-0.2, 0) is 6.54 Å². The van der Waals surface area contributed by atoms with Crippen LogP contribution in [0.5, 0.6) is 11.6 Å². The molecule has 6 nitrogen and oxygen atoms in total. The van der Waals surface area contributed by atoms with Crippen molar-refractivity contribution in [3.8, 4) is 17.7 Å². The maximum absolute atomic E-state index is 12.4. The van der Waals surface area contributed by atoms with Crippen LogP contribution in [0.3, 0.4) is 0 Å². The van der Waals surface area contributed by atoms with E-state index < -0.39 is 17.2 Å². The molecule has 0 radical (unpaired) electrons. The average molecular weight is 347 g/mol. The zero-order valence-corrected chi connectivity index (χ0v) is 13.9. The van der Waals surface area contributed by atoms with Crippen molar-refractivity contribution in [2.45, 2.75) is 20.4 Å². The summed E-state index contributed by atoms with van der Waals surface area (Å²) in [5.74, 6) is -0.545. The molecule has 1 aromatic heterocycles. The normalized spacial score (nSPS) is 10.2. The third-order valence-corrected chi connectivity index (χ3v) is 3.83. The molecule has 0 saturated heterocycles. The van der Waals surface area contributed by atoms with Gasteiger partial charge in [0, 0.05) is 11.6 Å². The van der Waals surface area contributed by atoms with Crippen molar-refractivity contribution in [3.05, 3.63) is 56.3 Å². The molecule has 0 saturated carbocycles. The fraction of sp³-hybridized carbons (Fsp3) is 0.235. The Morgan fingerprint density at radius 1 is 1.38 bits per heavy atom. The highest BCUT2D eigenvalue weighted by Crippen LogP contribution is 2.23. The van der Waals surface area contributed by atoms with Gasteiger partial charge >= 0.3 is 0 Å². The van der Waals surface area contributed by atoms with Gasteiger partial charge in [-0.05, 0) is 43.7 Å². The Morgan fingerprint density at radius 2 is 2.00 bits per heavy atom. The number of hydrogen-bond acceptors (Lipinski definition) is 5. The standard InChI is InChI=1S/C17H15ClN2O4/c1-3-20-16(22)13(8-19)10(2)15(17(20)23)14(21)9-24-12-6-4-11(18)5-7-12/h4-7,23H,3,9H2,1-2H3. The number of aromatic hydroxyl groups is 1. The first-order chi connectivity index (χ1) is 11.4. The van der Waals surface area contributed by atoms with E-state index in [1.165, 1.54) is 6.92 Å². The van der Waals surface area contributed by atoms with Crippen LogP contribution in [0.1, 0.15) is 28.4 Å². The summed E-state index contributed by atoms with van der Waals surface area (Å²) in [7, 11) is 0. The number of nitriles is 1. The van der Waals surface area contributed by atoms with Gasteiger partial charge in [0.05, 0.1) is 5.56 Å². The highest BCUT2D eigenvalue weighted by Gasteiger charge is 2.23. The number of aromatic nitrogens is 1. The zero-order valence-electron chi connectivity index (χ0n) is 13.2. The molecule has 0 bridgehead atoms. The summed E-state index contributed by atoms with van der Waals surface area (Å²) in [4.78, 5) is 24.5. The Bertz CT molecular complexity index is 879. The summed E-state index contributed by atoms with van der Waals surface area (Å²) < 4.78 is 6.36. The SMILES string of the molecule is CCn1c(O)c(C(=O)COc2ccc(Cl)cc2)c(C)c(C#N)c1=O. The van der Waals surface area contributed by atoms with Crippen LogP contribution in [0.4, 0.5) is 0 Å². The van der Waals surface area contributed by atoms with Gasteiger partial charge in [-0.3, -0.25) is 14.2 Å². The van der Waals surface area contributed by atoms with Gasteiger partial charge in [-0.1, -0.05) is 11.6 Å². The molecule has 2 rings (SSSR count). The van der Waals surface area contributed by atoms with Crippen molar-refractivity contribution < 1.29 is 14.6 Å². The first-order valence-electron chi connectivity index (χ1n) is 7.18. The molecule has 1 aromatic carbocycles. The second kappa shape index (κ2) is 7.20. The second-order valence-electron chi connectivity index (χ2n) is 5.03. The van der Waals surface area contributed by atoms with Crippen molar-refractivity contribution in [3.63, 3.8) is 0 Å². The predicted octanol–water partition coefficient (Wildman–Crippen LogP) is 2.67. The van der Waals surface area contributed by atoms with Crippen LogP contribution in [0.25, 0.3) is 0 Å². The first kappa shape index (κ1) is 17.6. The van der Waals surface area contributed by atoms with E-state index >= 15 is 0 Å². The Kier molecular flexibility index (Phi) is 5.27. The molecule has 0 aliphatic carbocycles. The van der Waals surface area contributed by atoms with E-state index in [9.17, 15) is 14.7 Å². The van der Waals surface area contributed by atoms with Gasteiger partial charge in [0.25, 0.3) is 5.56 Å². The fourth-order valence-electron chi connectivity index (χ4n) is 2.33. The zero-order chi connectivity index (χ0) is 17.9. The fourth-order valence-corrected chi connectivity index (χ4v) is 2.46. The van der Waals surface area contributed by atoms with Crippen LogP contribution in [-0.4, -0.2) is 22.1 Å². The molecule has 24 heavy (non-hydrogen) atoms. The van der Waals surface area contributed by atoms with E-state index in [0.29, 0.717) is 10.8 Å². The van der Waals surface area contributed by atoms with Gasteiger partial charge in [-0.15, -0.1) is 0 Å². The number of nitrogens with zero attached hydrogens (tertiary/aromatic N) is 2. The Labute approximate surface area is 143 Å². The lowest BCUT2D eigenvalue weighted by molar-refractivity contribution is 0.0916. The molecule has 0 amide bonds. The molecule has 0 unspecified atom stereocenters. The molecule has 0 fully saturated rings. The summed E-state index contributed by atoms with van der Waals surface area (Å²) >= 11 is 5.77. The molecule has 7 heteroatoms. The number of ketones is 1. The Balaban J connectivity index is 2.37. The molecule has 0 spiro atoms. The number of benzene rings is 1. The van der Waals surface area contributed by atoms with Gasteiger partial charge < -0.3 is 9.84 Å². The van der Waals surface area contributed by atoms with E-state index in [2.05, 4.69) is 0 Å². The van der Waals surface area contributed by atoms with Crippen LogP contribution in [0.2, 0.25) is 5.02 Å². The quantitative estimate of drug-likeness (QED) is 0.840. The summed E-state index contributed by atoms with van der Waals surface area (Å²) in [6, 6.07) is 8.24. The summed E-state index contributed by atoms with van der Waals surface area (Å²) in [6.07, 6.45) is 0. The number of hydrogen-bond donors (Lipinski definition) is 1. The van der Waals surface area contributed by atoms with E-state index in [0.717, 1.165) is 4.57 Å². The maximum atomic E-state index is 12.4. The number of Topliss-reactive ketones (excluding diaryl/α,β-unsaturated/α-hetero) is 1. The number of carbonyl (C=O) groups is 1. The van der Waals surface area contributed by atoms with Crippen molar-refractivity contribution >= 4 is 17.4 Å². The highest BCUT2D eigenvalue weighted by molar-refractivity contribution is 6.30. The summed E-state index contributed by atoms with van der Waals surface area (Å²) in [5.41, 5.74) is -0.717. The highest BCUT2D eigenvalue weighted by atomic mass is 35.5. The van der Waals surface area contributed by atoms with Crippen LogP contribution < -0.4 is 10.3 Å². The predicted molar refractivity (Wildman–Crippen MR) is 88.8 cm³/mol. The minimum atomic E-state index is -0.620. The summed E-state index contributed by atoms with van der Waals surface area (Å²) in [5, 5.41) is 19.9. The smallest absolute Gasteiger partial charge is 0.271 e. The number of pyridine rings is 1. The maximum Gasteiger partial charge on any atom is 0.271 e. The van der Waals surface area contributed by atoms with Gasteiger partial charge in [-0.2, -0.15) is 5.26 Å². The Hall–Kier alpha value is -2.78. The van der Waals surface area contributed by atoms with Crippen molar-refractivity contribution in [1.29, 1.82) is 5.26 Å². The van der Waals surface area contributed by atoms with Crippen molar-refractivity contribution in [2.75, 3.05) is 6.61 Å². The molecule has 1 N–H and O–H groups in total. The number of rotatable bonds is 5. The third kappa shape index (κ3) is 3.26. The number of carbonyl (C=O) groups excluding carboxylic acids is 1. The molecular formula is C17H15ClN2O4. The van der Waals surface area contributed by atoms with Crippen LogP contribution in [0.15, 0.2) is 29.1 Å². The van der Waals surface area contributed by atoms with E-state index in [-0.39, 0.29) is 29.8 Å². The lowest BCUT2D eigenvalue weighted by Gasteiger charge is -2.14.